The first-order valence-electron chi connectivity index (χ1n) is 21.6. The van der Waals surface area contributed by atoms with Crippen LogP contribution in [0.3, 0.4) is 0 Å². The van der Waals surface area contributed by atoms with E-state index >= 15 is 0 Å². The molecule has 0 unspecified atom stereocenters. The summed E-state index contributed by atoms with van der Waals surface area (Å²) in [6.07, 6.45) is -2.50. The molecule has 0 bridgehead atoms. The quantitative estimate of drug-likeness (QED) is 0.0314. The SMILES string of the molecule is CC(C)C[C@H](NC(=O)[C@H](CCC(=O)O)NC(=O)[C@@H](NC(=O)[C@H](CS)NC(=O)[C@H](CC(N)=O)NC(=O)CNC(=O)[C@@H](N)Cc1ccccc1)C(C)C)C(=O)N[C@@H](CCC(N)=O)C(=O)N[C@@H](C)C(=O)O. The largest absolute Gasteiger partial charge is 0.481 e. The van der Waals surface area contributed by atoms with Gasteiger partial charge < -0.3 is 69.9 Å². The molecule has 0 radical (unpaired) electrons. The summed E-state index contributed by atoms with van der Waals surface area (Å²) in [5.74, 6) is -13.6. The molecular formula is C42H65N11O14S. The van der Waals surface area contributed by atoms with Gasteiger partial charge in [-0.15, -0.1) is 0 Å². The Morgan fingerprint density at radius 2 is 1.09 bits per heavy atom. The molecule has 0 heterocycles. The summed E-state index contributed by atoms with van der Waals surface area (Å²) in [7, 11) is 0. The topological polar surface area (TPSA) is 420 Å². The van der Waals surface area contributed by atoms with Crippen LogP contribution in [0.25, 0.3) is 0 Å². The van der Waals surface area contributed by atoms with Gasteiger partial charge in [0.25, 0.3) is 0 Å². The number of nitrogens with two attached hydrogens (primary N) is 3. The summed E-state index contributed by atoms with van der Waals surface area (Å²) < 4.78 is 0. The second-order valence-electron chi connectivity index (χ2n) is 16.6. The monoisotopic (exact) mass is 979 g/mol. The van der Waals surface area contributed by atoms with Crippen molar-refractivity contribution in [3.8, 4) is 0 Å². The van der Waals surface area contributed by atoms with Gasteiger partial charge in [0.1, 0.15) is 42.3 Å². The van der Waals surface area contributed by atoms with Gasteiger partial charge in [0.15, 0.2) is 0 Å². The number of carboxylic acids is 2. The van der Waals surface area contributed by atoms with Crippen LogP contribution in [0, 0.1) is 11.8 Å². The summed E-state index contributed by atoms with van der Waals surface area (Å²) in [6, 6.07) is -2.69. The highest BCUT2D eigenvalue weighted by molar-refractivity contribution is 7.80. The number of rotatable bonds is 31. The number of carbonyl (C=O) groups excluding carboxylic acids is 10. The zero-order chi connectivity index (χ0) is 51.8. The lowest BCUT2D eigenvalue weighted by Crippen LogP contribution is -2.61. The number of thiol groups is 1. The average molecular weight is 980 g/mol. The van der Waals surface area contributed by atoms with Crippen molar-refractivity contribution >= 4 is 83.6 Å². The average Bonchev–Trinajstić information content (AvgIpc) is 3.25. The predicted octanol–water partition coefficient (Wildman–Crippen LogP) is -4.19. The molecule has 1 aromatic rings. The fourth-order valence-corrected chi connectivity index (χ4v) is 6.40. The third-order valence-electron chi connectivity index (χ3n) is 9.84. The molecule has 1 aromatic carbocycles. The Kier molecular flexibility index (Phi) is 25.9. The molecule has 0 spiro atoms. The molecular weight excluding hydrogens is 915 g/mol. The van der Waals surface area contributed by atoms with Gasteiger partial charge in [-0.2, -0.15) is 12.6 Å². The van der Waals surface area contributed by atoms with E-state index in [2.05, 4.69) is 55.2 Å². The van der Waals surface area contributed by atoms with Gasteiger partial charge >= 0.3 is 11.9 Å². The van der Waals surface area contributed by atoms with Crippen molar-refractivity contribution in [1.82, 2.24) is 42.5 Å². The first kappa shape index (κ1) is 59.2. The smallest absolute Gasteiger partial charge is 0.325 e. The standard InChI is InChI=1S/C42H65N11O14S/c1-20(2)15-27(38(62)49-25(11-13-30(44)54)36(60)47-22(5)42(66)67)51-37(61)26(12-14-33(57)58)50-41(65)34(21(3)4)53-40(64)29(19-68)52-39(63)28(17-31(45)55)48-32(56)18-46-35(59)24(43)16-23-9-7-6-8-10-23/h6-10,20-22,24-29,34,68H,11-19,43H2,1-5H3,(H2,44,54)(H2,45,55)(H,46,59)(H,47,60)(H,48,56)(H,49,62)(H,50,65)(H,51,61)(H,52,63)(H,53,64)(H,57,58)(H,66,67)/t22-,24-,25-,26-,27-,28-,29-,34-/m0/s1. The first-order chi connectivity index (χ1) is 31.7. The Bertz CT molecular complexity index is 1970. The van der Waals surface area contributed by atoms with Crippen molar-refractivity contribution in [2.75, 3.05) is 12.3 Å². The Balaban J connectivity index is 3.20. The van der Waals surface area contributed by atoms with Gasteiger partial charge in [0.2, 0.25) is 59.1 Å². The molecule has 25 nitrogen and oxygen atoms in total. The van der Waals surface area contributed by atoms with Crippen LogP contribution in [0.4, 0.5) is 0 Å². The lowest BCUT2D eigenvalue weighted by molar-refractivity contribution is -0.142. The van der Waals surface area contributed by atoms with E-state index in [0.29, 0.717) is 0 Å². The van der Waals surface area contributed by atoms with Gasteiger partial charge in [-0.05, 0) is 50.0 Å². The number of primary amides is 2. The van der Waals surface area contributed by atoms with Gasteiger partial charge in [-0.3, -0.25) is 57.5 Å². The van der Waals surface area contributed by atoms with E-state index in [4.69, 9.17) is 17.2 Å². The van der Waals surface area contributed by atoms with Crippen LogP contribution in [-0.2, 0) is 64.0 Å². The van der Waals surface area contributed by atoms with E-state index in [1.54, 1.807) is 44.2 Å². The minimum absolute atomic E-state index is 0.0567. The fourth-order valence-electron chi connectivity index (χ4n) is 6.15. The maximum atomic E-state index is 13.8. The molecule has 0 aliphatic rings. The van der Waals surface area contributed by atoms with Crippen molar-refractivity contribution in [1.29, 1.82) is 0 Å². The first-order valence-corrected chi connectivity index (χ1v) is 22.2. The number of aliphatic carboxylic acids is 2. The minimum Gasteiger partial charge on any atom is -0.481 e. The molecule has 0 aliphatic heterocycles. The number of benzene rings is 1. The summed E-state index contributed by atoms with van der Waals surface area (Å²) in [5, 5.41) is 37.5. The Morgan fingerprint density at radius 1 is 0.588 bits per heavy atom. The molecule has 0 aromatic heterocycles. The Labute approximate surface area is 398 Å². The molecule has 1 rings (SSSR count). The van der Waals surface area contributed by atoms with E-state index in [9.17, 15) is 67.7 Å². The normalized spacial score (nSPS) is 14.5. The van der Waals surface area contributed by atoms with E-state index in [1.807, 2.05) is 0 Å². The summed E-state index contributed by atoms with van der Waals surface area (Å²) in [5.41, 5.74) is 17.3. The van der Waals surface area contributed by atoms with Crippen molar-refractivity contribution < 1.29 is 67.7 Å². The highest BCUT2D eigenvalue weighted by Crippen LogP contribution is 2.11. The van der Waals surface area contributed by atoms with E-state index in [0.717, 1.165) is 12.5 Å². The van der Waals surface area contributed by atoms with Crippen molar-refractivity contribution in [2.24, 2.45) is 29.0 Å². The number of carbonyl (C=O) groups is 12. The highest BCUT2D eigenvalue weighted by Gasteiger charge is 2.35. The minimum atomic E-state index is -1.64. The van der Waals surface area contributed by atoms with Crippen molar-refractivity contribution in [2.45, 2.75) is 128 Å². The number of hydrogen-bond acceptors (Lipinski definition) is 14. The van der Waals surface area contributed by atoms with Gasteiger partial charge in [-0.1, -0.05) is 58.0 Å². The highest BCUT2D eigenvalue weighted by atomic mass is 32.1. The van der Waals surface area contributed by atoms with E-state index in [-0.39, 0.29) is 37.4 Å². The van der Waals surface area contributed by atoms with Crippen LogP contribution >= 0.6 is 12.6 Å². The lowest BCUT2D eigenvalue weighted by atomic mass is 10.00. The number of amides is 10. The molecule has 0 aliphatic carbocycles. The lowest BCUT2D eigenvalue weighted by Gasteiger charge is -2.29. The summed E-state index contributed by atoms with van der Waals surface area (Å²) in [6.45, 7) is 6.94. The predicted molar refractivity (Wildman–Crippen MR) is 245 cm³/mol. The second-order valence-corrected chi connectivity index (χ2v) is 17.0. The van der Waals surface area contributed by atoms with Crippen molar-refractivity contribution in [3.05, 3.63) is 35.9 Å². The second kappa shape index (κ2) is 29.7. The third-order valence-corrected chi connectivity index (χ3v) is 10.2. The molecule has 378 valence electrons. The molecule has 16 N–H and O–H groups in total. The van der Waals surface area contributed by atoms with Crippen LogP contribution in [0.1, 0.15) is 78.7 Å². The zero-order valence-electron chi connectivity index (χ0n) is 38.5. The molecule has 0 saturated heterocycles. The molecule has 0 saturated carbocycles. The summed E-state index contributed by atoms with van der Waals surface area (Å²) >= 11 is 4.13. The molecule has 26 heteroatoms. The van der Waals surface area contributed by atoms with Crippen molar-refractivity contribution in [3.63, 3.8) is 0 Å². The van der Waals surface area contributed by atoms with Crippen LogP contribution in [0.5, 0.6) is 0 Å². The number of nitrogens with one attached hydrogen (secondary N) is 8. The summed E-state index contributed by atoms with van der Waals surface area (Å²) in [4.78, 5) is 153. The fraction of sp³-hybridized carbons (Fsp3) is 0.571. The molecule has 10 amide bonds. The number of carboxylic acid groups (broad SMARTS) is 2. The maximum Gasteiger partial charge on any atom is 0.325 e. The Morgan fingerprint density at radius 3 is 1.60 bits per heavy atom. The Hall–Kier alpha value is -6.83. The number of hydrogen-bond donors (Lipinski definition) is 14. The van der Waals surface area contributed by atoms with Crippen LogP contribution in [0.15, 0.2) is 30.3 Å². The zero-order valence-corrected chi connectivity index (χ0v) is 39.4. The molecule has 68 heavy (non-hydrogen) atoms. The van der Waals surface area contributed by atoms with Gasteiger partial charge in [0, 0.05) is 18.6 Å². The van der Waals surface area contributed by atoms with Crippen LogP contribution in [0.2, 0.25) is 0 Å². The van der Waals surface area contributed by atoms with Gasteiger partial charge in [0.05, 0.1) is 19.0 Å². The van der Waals surface area contributed by atoms with Crippen LogP contribution in [-0.4, -0.2) is 142 Å². The van der Waals surface area contributed by atoms with Crippen LogP contribution < -0.4 is 59.7 Å². The van der Waals surface area contributed by atoms with Gasteiger partial charge in [-0.25, -0.2) is 0 Å². The maximum absolute atomic E-state index is 13.8. The van der Waals surface area contributed by atoms with E-state index < -0.39 is 151 Å². The van der Waals surface area contributed by atoms with E-state index in [1.165, 1.54) is 13.8 Å². The molecule has 0 fully saturated rings. The molecule has 8 atom stereocenters. The third kappa shape index (κ3) is 22.6.